The highest BCUT2D eigenvalue weighted by atomic mass is 31.1. The van der Waals surface area contributed by atoms with E-state index in [1.165, 1.54) is 21.2 Å². The number of aliphatic hydroxyl groups excluding tert-OH is 4. The fourth-order valence-electron chi connectivity index (χ4n) is 8.19. The molecule has 0 unspecified atom stereocenters. The van der Waals surface area contributed by atoms with E-state index in [0.29, 0.717) is 0 Å². The molecule has 4 N–H and O–H groups in total. The number of nitrogens with zero attached hydrogens (tertiary/aromatic N) is 4. The normalized spacial score (nSPS) is 19.1. The van der Waals surface area contributed by atoms with Gasteiger partial charge < -0.3 is 20.4 Å². The lowest BCUT2D eigenvalue weighted by molar-refractivity contribution is 0.240. The zero-order valence-electron chi connectivity index (χ0n) is 38.7. The van der Waals surface area contributed by atoms with Gasteiger partial charge in [0.25, 0.3) is 0 Å². The van der Waals surface area contributed by atoms with Crippen LogP contribution >= 0.6 is 15.8 Å². The molecule has 0 aromatic heterocycles. The fraction of sp³-hybridized carbons (Fsp3) is 0.472. The summed E-state index contributed by atoms with van der Waals surface area (Å²) in [7, 11) is -2.10. The van der Waals surface area contributed by atoms with E-state index in [1.807, 2.05) is 24.9 Å². The molecule has 5 rings (SSSR count). The highest BCUT2D eigenvalue weighted by Crippen LogP contribution is 2.58. The van der Waals surface area contributed by atoms with Crippen LogP contribution in [0.3, 0.4) is 0 Å². The second kappa shape index (κ2) is 25.1. The molecule has 6 atom stereocenters. The van der Waals surface area contributed by atoms with Crippen molar-refractivity contribution in [2.75, 3.05) is 26.4 Å². The Bertz CT molecular complexity index is 1850. The molecule has 0 spiro atoms. The molecule has 0 saturated heterocycles. The van der Waals surface area contributed by atoms with Gasteiger partial charge in [-0.2, -0.15) is 0 Å². The molecule has 1 saturated carbocycles. The van der Waals surface area contributed by atoms with Gasteiger partial charge in [-0.05, 0) is 84.9 Å². The molecule has 338 valence electrons. The van der Waals surface area contributed by atoms with Gasteiger partial charge in [0, 0.05) is 47.1 Å². The summed E-state index contributed by atoms with van der Waals surface area (Å²) in [4.78, 5) is 20.0. The molecule has 1 fully saturated rings. The van der Waals surface area contributed by atoms with Crippen molar-refractivity contribution >= 4 is 61.9 Å². The van der Waals surface area contributed by atoms with Crippen molar-refractivity contribution in [3.8, 4) is 0 Å². The summed E-state index contributed by atoms with van der Waals surface area (Å²) < 4.78 is 0. The van der Waals surface area contributed by atoms with E-state index in [-0.39, 0.29) is 85.6 Å². The molecule has 1 aliphatic carbocycles. The zero-order chi connectivity index (χ0) is 45.5. The largest absolute Gasteiger partial charge is 0.394 e. The lowest BCUT2D eigenvalue weighted by Gasteiger charge is -2.37. The maximum absolute atomic E-state index is 10.3. The highest BCUT2D eigenvalue weighted by molar-refractivity contribution is 7.78. The van der Waals surface area contributed by atoms with Gasteiger partial charge in [-0.25, -0.2) is 0 Å². The first-order chi connectivity index (χ1) is 30.4. The number of aliphatic hydroxyl groups is 4. The summed E-state index contributed by atoms with van der Waals surface area (Å²) in [6.07, 6.45) is 11.1. The van der Waals surface area contributed by atoms with Crippen molar-refractivity contribution < 1.29 is 20.4 Å². The molecular weight excluding hydrogens is 819 g/mol. The molecule has 63 heavy (non-hydrogen) atoms. The van der Waals surface area contributed by atoms with Crippen LogP contribution in [0.5, 0.6) is 0 Å². The molecule has 4 aromatic rings. The molecule has 0 amide bonds. The molecule has 0 bridgehead atoms. The summed E-state index contributed by atoms with van der Waals surface area (Å²) in [6, 6.07) is 33.9. The summed E-state index contributed by atoms with van der Waals surface area (Å²) in [6.45, 7) is 16.7. The van der Waals surface area contributed by atoms with Gasteiger partial charge in [0.1, 0.15) is 0 Å². The number of aliphatic imine (C=N–C) groups is 4. The SMILES string of the molecule is CC(C)[C@H](CO)N=Cc1ccccc1P(c1ccccc1C=N[C@@H](CO)C(C)C)[C@H]1CCC[C@@H]1P(c1ccccc1C=N[C@@H](CO)C(C)C)c1ccccc1C=N[C@@H](CO)C(C)C. The van der Waals surface area contributed by atoms with E-state index < -0.39 is 15.8 Å². The lowest BCUT2D eigenvalue weighted by Crippen LogP contribution is -2.35. The summed E-state index contributed by atoms with van der Waals surface area (Å²) >= 11 is 0. The molecule has 0 heterocycles. The third-order valence-corrected chi connectivity index (χ3v) is 18.8. The van der Waals surface area contributed by atoms with Gasteiger partial charge in [0.05, 0.1) is 50.6 Å². The van der Waals surface area contributed by atoms with Crippen molar-refractivity contribution in [2.24, 2.45) is 43.6 Å². The van der Waals surface area contributed by atoms with Gasteiger partial charge in [0.15, 0.2) is 0 Å². The van der Waals surface area contributed by atoms with Crippen molar-refractivity contribution in [2.45, 2.75) is 110 Å². The maximum atomic E-state index is 10.3. The van der Waals surface area contributed by atoms with Crippen LogP contribution < -0.4 is 21.2 Å². The predicted octanol–water partition coefficient (Wildman–Crippen LogP) is 7.92. The topological polar surface area (TPSA) is 130 Å². The Morgan fingerprint density at radius 2 is 0.635 bits per heavy atom. The minimum absolute atomic E-state index is 0.0148. The molecule has 0 radical (unpaired) electrons. The van der Waals surface area contributed by atoms with Gasteiger partial charge in [-0.3, -0.25) is 20.0 Å². The van der Waals surface area contributed by atoms with E-state index in [9.17, 15) is 20.4 Å². The van der Waals surface area contributed by atoms with E-state index >= 15 is 0 Å². The Morgan fingerprint density at radius 1 is 0.413 bits per heavy atom. The Balaban J connectivity index is 1.80. The van der Waals surface area contributed by atoms with E-state index in [4.69, 9.17) is 20.0 Å². The van der Waals surface area contributed by atoms with Crippen LogP contribution in [0.2, 0.25) is 0 Å². The summed E-state index contributed by atoms with van der Waals surface area (Å²) in [5.41, 5.74) is 4.76. The molecule has 4 aromatic carbocycles. The third kappa shape index (κ3) is 13.2. The average molecular weight is 891 g/mol. The Morgan fingerprint density at radius 3 is 0.841 bits per heavy atom. The zero-order valence-corrected chi connectivity index (χ0v) is 40.5. The molecule has 0 aliphatic heterocycles. The van der Waals surface area contributed by atoms with Crippen LogP contribution in [0.1, 0.15) is 96.9 Å². The van der Waals surface area contributed by atoms with Gasteiger partial charge >= 0.3 is 0 Å². The Labute approximate surface area is 380 Å². The molecule has 10 heteroatoms. The van der Waals surface area contributed by atoms with Crippen molar-refractivity contribution in [3.63, 3.8) is 0 Å². The maximum Gasteiger partial charge on any atom is 0.0753 e. The van der Waals surface area contributed by atoms with E-state index in [1.54, 1.807) is 0 Å². The van der Waals surface area contributed by atoms with Gasteiger partial charge in [-0.1, -0.05) is 159 Å². The highest BCUT2D eigenvalue weighted by Gasteiger charge is 2.42. The molecular formula is C53H72N4O4P2. The standard InChI is InChI=1S/C53H72N4O4P2/c1-36(2)44(32-58)54-28-40-18-9-13-22-48(40)62(49-23-14-10-19-41(49)29-55-45(33-59)37(3)4)52-26-17-27-53(52)63(50-24-15-11-20-42(50)30-56-46(34-60)38(5)6)51-25-16-12-21-43(51)31-57-47(35-61)39(7)8/h9-16,18-25,28-31,36-39,44-47,52-53,58-61H,17,26-27,32-35H2,1-8H3/t44-,45-,46-,47-,52-,53-,62?,63?/m0/s1. The van der Waals surface area contributed by atoms with E-state index in [0.717, 1.165) is 41.5 Å². The van der Waals surface area contributed by atoms with Crippen LogP contribution in [-0.4, -0.2) is 107 Å². The number of benzene rings is 4. The minimum Gasteiger partial charge on any atom is -0.394 e. The van der Waals surface area contributed by atoms with Gasteiger partial charge in [0.2, 0.25) is 0 Å². The Hall–Kier alpha value is -3.74. The lowest BCUT2D eigenvalue weighted by atomic mass is 10.1. The van der Waals surface area contributed by atoms with E-state index in [2.05, 4.69) is 152 Å². The quantitative estimate of drug-likeness (QED) is 0.0472. The van der Waals surface area contributed by atoms with Crippen LogP contribution in [0.15, 0.2) is 117 Å². The third-order valence-electron chi connectivity index (χ3n) is 12.3. The fourth-order valence-corrected chi connectivity index (χ4v) is 15.4. The second-order valence-corrected chi connectivity index (χ2v) is 22.9. The first-order valence-corrected chi connectivity index (χ1v) is 25.8. The smallest absolute Gasteiger partial charge is 0.0753 e. The second-order valence-electron chi connectivity index (χ2n) is 18.1. The molecule has 1 aliphatic rings. The van der Waals surface area contributed by atoms with Crippen molar-refractivity contribution in [3.05, 3.63) is 119 Å². The Kier molecular flexibility index (Phi) is 20.0. The first-order valence-electron chi connectivity index (χ1n) is 22.9. The van der Waals surface area contributed by atoms with Crippen LogP contribution in [0, 0.1) is 23.7 Å². The summed E-state index contributed by atoms with van der Waals surface area (Å²) in [5.74, 6) is 0.754. The number of rotatable bonds is 22. The summed E-state index contributed by atoms with van der Waals surface area (Å²) in [5, 5.41) is 46.2. The predicted molar refractivity (Wildman–Crippen MR) is 273 cm³/mol. The number of hydrogen-bond donors (Lipinski definition) is 4. The van der Waals surface area contributed by atoms with Crippen molar-refractivity contribution in [1.82, 2.24) is 0 Å². The average Bonchev–Trinajstić information content (AvgIpc) is 3.74. The van der Waals surface area contributed by atoms with Crippen LogP contribution in [0.25, 0.3) is 0 Å². The van der Waals surface area contributed by atoms with Crippen molar-refractivity contribution in [1.29, 1.82) is 0 Å². The van der Waals surface area contributed by atoms with Crippen LogP contribution in [-0.2, 0) is 0 Å². The minimum atomic E-state index is -1.05. The first kappa shape index (κ1) is 50.3. The van der Waals surface area contributed by atoms with Gasteiger partial charge in [-0.15, -0.1) is 0 Å². The van der Waals surface area contributed by atoms with Crippen LogP contribution in [0.4, 0.5) is 0 Å². The number of hydrogen-bond acceptors (Lipinski definition) is 8. The monoisotopic (exact) mass is 891 g/mol. The molecule has 8 nitrogen and oxygen atoms in total.